The van der Waals surface area contributed by atoms with Gasteiger partial charge in [0, 0.05) is 21.7 Å². The molecule has 0 aliphatic carbocycles. The van der Waals surface area contributed by atoms with Crippen LogP contribution in [0.5, 0.6) is 0 Å². The van der Waals surface area contributed by atoms with E-state index in [1.165, 1.54) is 0 Å². The van der Waals surface area contributed by atoms with Gasteiger partial charge in [0.05, 0.1) is 0 Å². The van der Waals surface area contributed by atoms with Gasteiger partial charge in [0.2, 0.25) is 11.6 Å². The lowest BCUT2D eigenvalue weighted by Crippen LogP contribution is -2.15. The second kappa shape index (κ2) is 6.59. The Kier molecular flexibility index (Phi) is 4.35. The van der Waals surface area contributed by atoms with E-state index in [9.17, 15) is 9.59 Å². The van der Waals surface area contributed by atoms with Gasteiger partial charge in [-0.15, -0.1) is 0 Å². The number of hydrogen-bond acceptors (Lipinski definition) is 2. The van der Waals surface area contributed by atoms with E-state index >= 15 is 0 Å². The van der Waals surface area contributed by atoms with Crippen LogP contribution in [0.2, 0.25) is 5.02 Å². The number of carbonyl (C=O) groups excluding carboxylic acids is 2. The van der Waals surface area contributed by atoms with Crippen molar-refractivity contribution in [3.05, 3.63) is 95.0 Å². The van der Waals surface area contributed by atoms with Gasteiger partial charge in [-0.05, 0) is 11.6 Å². The molecule has 112 valence electrons. The van der Waals surface area contributed by atoms with E-state index < -0.39 is 11.6 Å². The topological polar surface area (TPSA) is 34.1 Å². The van der Waals surface area contributed by atoms with E-state index in [-0.39, 0.29) is 0 Å². The van der Waals surface area contributed by atoms with Crippen LogP contribution in [0.3, 0.4) is 0 Å². The van der Waals surface area contributed by atoms with Gasteiger partial charge < -0.3 is 0 Å². The van der Waals surface area contributed by atoms with Gasteiger partial charge in [-0.3, -0.25) is 9.59 Å². The van der Waals surface area contributed by atoms with Crippen molar-refractivity contribution >= 4 is 23.2 Å². The average molecular weight is 321 g/mol. The van der Waals surface area contributed by atoms with E-state index in [0.29, 0.717) is 21.7 Å². The second-order valence-corrected chi connectivity index (χ2v) is 5.46. The molecule has 23 heavy (non-hydrogen) atoms. The molecule has 2 nitrogen and oxygen atoms in total. The molecule has 0 aromatic heterocycles. The third-order valence-electron chi connectivity index (χ3n) is 3.56. The molecule has 0 aliphatic heterocycles. The fraction of sp³-hybridized carbons (Fsp3) is 0. The molecule has 0 saturated heterocycles. The number of halogens is 1. The van der Waals surface area contributed by atoms with E-state index in [4.69, 9.17) is 11.6 Å². The zero-order valence-corrected chi connectivity index (χ0v) is 13.0. The zero-order valence-electron chi connectivity index (χ0n) is 12.2. The predicted octanol–water partition coefficient (Wildman–Crippen LogP) is 5.07. The molecule has 3 rings (SSSR count). The molecule has 0 atom stereocenters. The van der Waals surface area contributed by atoms with Gasteiger partial charge in [0.1, 0.15) is 0 Å². The smallest absolute Gasteiger partial charge is 0.234 e. The Labute approximate surface area is 139 Å². The van der Waals surface area contributed by atoms with Crippen LogP contribution in [0.1, 0.15) is 20.7 Å². The average Bonchev–Trinajstić information content (AvgIpc) is 2.61. The summed E-state index contributed by atoms with van der Waals surface area (Å²) in [7, 11) is 0. The molecule has 0 radical (unpaired) electrons. The minimum atomic E-state index is -0.558. The van der Waals surface area contributed by atoms with Crippen LogP contribution in [0.4, 0.5) is 0 Å². The van der Waals surface area contributed by atoms with Crippen molar-refractivity contribution in [1.29, 1.82) is 0 Å². The number of hydrogen-bond donors (Lipinski definition) is 0. The first-order valence-corrected chi connectivity index (χ1v) is 7.54. The van der Waals surface area contributed by atoms with Crippen molar-refractivity contribution in [3.63, 3.8) is 0 Å². The van der Waals surface area contributed by atoms with E-state index in [1.807, 2.05) is 30.3 Å². The predicted molar refractivity (Wildman–Crippen MR) is 92.0 cm³/mol. The Balaban J connectivity index is 2.09. The number of Topliss-reactive ketones (excluding diaryl/α,β-unsaturated/α-hetero) is 2. The quantitative estimate of drug-likeness (QED) is 0.496. The maximum atomic E-state index is 12.7. The van der Waals surface area contributed by atoms with Gasteiger partial charge in [-0.25, -0.2) is 0 Å². The van der Waals surface area contributed by atoms with E-state index in [2.05, 4.69) is 0 Å². The Morgan fingerprint density at radius 3 is 1.91 bits per heavy atom. The summed E-state index contributed by atoms with van der Waals surface area (Å²) < 4.78 is 0. The van der Waals surface area contributed by atoms with Crippen molar-refractivity contribution in [2.24, 2.45) is 0 Å². The lowest BCUT2D eigenvalue weighted by molar-refractivity contribution is 0.0817. The molecule has 3 aromatic carbocycles. The molecule has 0 spiro atoms. The summed E-state index contributed by atoms with van der Waals surface area (Å²) in [5.74, 6) is -1.09. The van der Waals surface area contributed by atoms with Crippen LogP contribution in [0, 0.1) is 0 Å². The Hall–Kier alpha value is -2.71. The molecule has 0 unspecified atom stereocenters. The zero-order chi connectivity index (χ0) is 16.2. The molecule has 3 heteroatoms. The van der Waals surface area contributed by atoms with Gasteiger partial charge in [-0.1, -0.05) is 84.4 Å². The fourth-order valence-electron chi connectivity index (χ4n) is 2.45. The Bertz CT molecular complexity index is 855. The third-order valence-corrected chi connectivity index (χ3v) is 3.88. The van der Waals surface area contributed by atoms with E-state index in [1.54, 1.807) is 48.5 Å². The van der Waals surface area contributed by atoms with Crippen LogP contribution >= 0.6 is 11.6 Å². The molecule has 0 bridgehead atoms. The molecule has 3 aromatic rings. The second-order valence-electron chi connectivity index (χ2n) is 5.05. The van der Waals surface area contributed by atoms with Crippen LogP contribution in [-0.2, 0) is 0 Å². The van der Waals surface area contributed by atoms with Crippen LogP contribution in [-0.4, -0.2) is 11.6 Å². The number of carbonyl (C=O) groups is 2. The Morgan fingerprint density at radius 1 is 0.652 bits per heavy atom. The van der Waals surface area contributed by atoms with E-state index in [0.717, 1.165) is 5.56 Å². The molecule has 0 amide bonds. The number of benzene rings is 3. The summed E-state index contributed by atoms with van der Waals surface area (Å²) in [5.41, 5.74) is 2.08. The van der Waals surface area contributed by atoms with Crippen molar-refractivity contribution in [2.45, 2.75) is 0 Å². The van der Waals surface area contributed by atoms with Gasteiger partial charge in [0.25, 0.3) is 0 Å². The van der Waals surface area contributed by atoms with Crippen molar-refractivity contribution in [2.75, 3.05) is 0 Å². The summed E-state index contributed by atoms with van der Waals surface area (Å²) in [6, 6.07) is 22.9. The van der Waals surface area contributed by atoms with Crippen LogP contribution in [0.25, 0.3) is 11.1 Å². The van der Waals surface area contributed by atoms with Crippen LogP contribution in [0.15, 0.2) is 78.9 Å². The molecular weight excluding hydrogens is 308 g/mol. The standard InChI is InChI=1S/C20H13ClO2/c21-17-13-7-12-16(18(17)14-8-3-1-4-9-14)20(23)19(22)15-10-5-2-6-11-15/h1-13H. The lowest BCUT2D eigenvalue weighted by Gasteiger charge is -2.10. The summed E-state index contributed by atoms with van der Waals surface area (Å²) in [6.45, 7) is 0. The highest BCUT2D eigenvalue weighted by Gasteiger charge is 2.22. The highest BCUT2D eigenvalue weighted by atomic mass is 35.5. The summed E-state index contributed by atoms with van der Waals surface area (Å²) in [4.78, 5) is 25.1. The van der Waals surface area contributed by atoms with Gasteiger partial charge >= 0.3 is 0 Å². The SMILES string of the molecule is O=C(C(=O)c1cccc(Cl)c1-c1ccccc1)c1ccccc1. The summed E-state index contributed by atoms with van der Waals surface area (Å²) >= 11 is 6.30. The first kappa shape index (κ1) is 15.2. The molecule has 0 saturated carbocycles. The highest BCUT2D eigenvalue weighted by Crippen LogP contribution is 2.32. The third kappa shape index (κ3) is 3.08. The minimum absolute atomic E-state index is 0.317. The highest BCUT2D eigenvalue weighted by molar-refractivity contribution is 6.50. The maximum Gasteiger partial charge on any atom is 0.234 e. The molecule has 0 N–H and O–H groups in total. The molecule has 0 fully saturated rings. The largest absolute Gasteiger partial charge is 0.285 e. The van der Waals surface area contributed by atoms with Gasteiger partial charge in [0.15, 0.2) is 0 Å². The first-order chi connectivity index (χ1) is 11.2. The van der Waals surface area contributed by atoms with Crippen LogP contribution < -0.4 is 0 Å². The summed E-state index contributed by atoms with van der Waals surface area (Å²) in [6.07, 6.45) is 0. The Morgan fingerprint density at radius 2 is 1.26 bits per heavy atom. The fourth-order valence-corrected chi connectivity index (χ4v) is 2.74. The number of rotatable bonds is 4. The molecule has 0 aliphatic rings. The first-order valence-electron chi connectivity index (χ1n) is 7.16. The molecular formula is C20H13ClO2. The van der Waals surface area contributed by atoms with Crippen molar-refractivity contribution in [3.8, 4) is 11.1 Å². The lowest BCUT2D eigenvalue weighted by atomic mass is 9.93. The van der Waals surface area contributed by atoms with Gasteiger partial charge in [-0.2, -0.15) is 0 Å². The minimum Gasteiger partial charge on any atom is -0.285 e. The monoisotopic (exact) mass is 320 g/mol. The number of ketones is 2. The normalized spacial score (nSPS) is 10.3. The summed E-state index contributed by atoms with van der Waals surface area (Å²) in [5, 5.41) is 0.447. The molecule has 0 heterocycles. The van der Waals surface area contributed by atoms with Crippen molar-refractivity contribution in [1.82, 2.24) is 0 Å². The van der Waals surface area contributed by atoms with Crippen molar-refractivity contribution < 1.29 is 9.59 Å². The maximum absolute atomic E-state index is 12.7.